The van der Waals surface area contributed by atoms with Gasteiger partial charge in [-0.2, -0.15) is 0 Å². The third-order valence-electron chi connectivity index (χ3n) is 1.75. The van der Waals surface area contributed by atoms with Gasteiger partial charge in [0.25, 0.3) is 0 Å². The Balaban J connectivity index is 3.04. The highest BCUT2D eigenvalue weighted by Gasteiger charge is 2.01. The van der Waals surface area contributed by atoms with Crippen LogP contribution in [-0.2, 0) is 11.4 Å². The SMILES string of the molecule is Cc1cc(CON)cc(C)c1Br. The van der Waals surface area contributed by atoms with Gasteiger partial charge in [-0.05, 0) is 30.5 Å². The Kier molecular flexibility index (Phi) is 3.26. The molecule has 0 atom stereocenters. The van der Waals surface area contributed by atoms with Gasteiger partial charge in [-0.3, -0.25) is 4.84 Å². The van der Waals surface area contributed by atoms with Crippen molar-refractivity contribution in [2.75, 3.05) is 0 Å². The number of hydrogen-bond donors (Lipinski definition) is 1. The van der Waals surface area contributed by atoms with E-state index in [0.29, 0.717) is 6.61 Å². The highest BCUT2D eigenvalue weighted by Crippen LogP contribution is 2.22. The molecule has 1 aromatic rings. The molecule has 2 nitrogen and oxygen atoms in total. The molecule has 0 heterocycles. The average molecular weight is 230 g/mol. The van der Waals surface area contributed by atoms with Crippen LogP contribution in [0.3, 0.4) is 0 Å². The zero-order chi connectivity index (χ0) is 9.14. The van der Waals surface area contributed by atoms with Gasteiger partial charge in [0.2, 0.25) is 0 Å². The number of halogens is 1. The maximum Gasteiger partial charge on any atom is 0.0930 e. The van der Waals surface area contributed by atoms with Crippen LogP contribution < -0.4 is 5.90 Å². The van der Waals surface area contributed by atoms with E-state index in [-0.39, 0.29) is 0 Å². The predicted molar refractivity (Wildman–Crippen MR) is 52.6 cm³/mol. The van der Waals surface area contributed by atoms with Crippen LogP contribution >= 0.6 is 15.9 Å². The average Bonchev–Trinajstić information content (AvgIpc) is 2.01. The molecule has 0 aromatic heterocycles. The Morgan fingerprint density at radius 2 is 1.83 bits per heavy atom. The maximum absolute atomic E-state index is 4.99. The summed E-state index contributed by atoms with van der Waals surface area (Å²) < 4.78 is 1.16. The maximum atomic E-state index is 4.99. The van der Waals surface area contributed by atoms with Crippen molar-refractivity contribution < 1.29 is 4.84 Å². The summed E-state index contributed by atoms with van der Waals surface area (Å²) in [5, 5.41) is 0. The fourth-order valence-corrected chi connectivity index (χ4v) is 1.44. The molecule has 1 rings (SSSR count). The largest absolute Gasteiger partial charge is 0.300 e. The van der Waals surface area contributed by atoms with E-state index in [9.17, 15) is 0 Å². The molecule has 0 radical (unpaired) electrons. The van der Waals surface area contributed by atoms with Crippen molar-refractivity contribution >= 4 is 15.9 Å². The molecule has 0 saturated carbocycles. The number of hydrogen-bond acceptors (Lipinski definition) is 2. The zero-order valence-corrected chi connectivity index (χ0v) is 8.81. The first-order valence-electron chi connectivity index (χ1n) is 3.72. The van der Waals surface area contributed by atoms with E-state index in [1.807, 2.05) is 0 Å². The molecule has 0 aliphatic rings. The number of nitrogens with two attached hydrogens (primary N) is 1. The van der Waals surface area contributed by atoms with Crippen LogP contribution in [0.15, 0.2) is 16.6 Å². The minimum absolute atomic E-state index is 0.467. The second-order valence-electron chi connectivity index (χ2n) is 2.85. The molecule has 0 fully saturated rings. The van der Waals surface area contributed by atoms with Crippen molar-refractivity contribution in [1.82, 2.24) is 0 Å². The smallest absolute Gasteiger partial charge is 0.0930 e. The molecule has 0 aliphatic carbocycles. The Morgan fingerprint density at radius 1 is 1.33 bits per heavy atom. The third-order valence-corrected chi connectivity index (χ3v) is 3.00. The lowest BCUT2D eigenvalue weighted by Crippen LogP contribution is -1.99. The molecule has 0 unspecified atom stereocenters. The van der Waals surface area contributed by atoms with Gasteiger partial charge in [-0.25, -0.2) is 5.90 Å². The van der Waals surface area contributed by atoms with Gasteiger partial charge < -0.3 is 0 Å². The quantitative estimate of drug-likeness (QED) is 0.792. The lowest BCUT2D eigenvalue weighted by atomic mass is 10.1. The molecule has 3 heteroatoms. The van der Waals surface area contributed by atoms with Gasteiger partial charge in [0, 0.05) is 4.47 Å². The normalized spacial score (nSPS) is 10.3. The van der Waals surface area contributed by atoms with E-state index in [2.05, 4.69) is 46.7 Å². The first kappa shape index (κ1) is 9.71. The summed E-state index contributed by atoms with van der Waals surface area (Å²) in [4.78, 5) is 4.56. The molecule has 0 aliphatic heterocycles. The summed E-state index contributed by atoms with van der Waals surface area (Å²) in [6, 6.07) is 4.12. The minimum atomic E-state index is 0.467. The fraction of sp³-hybridized carbons (Fsp3) is 0.333. The first-order valence-corrected chi connectivity index (χ1v) is 4.51. The summed E-state index contributed by atoms with van der Waals surface area (Å²) >= 11 is 3.49. The Hall–Kier alpha value is -0.380. The Labute approximate surface area is 80.8 Å². The van der Waals surface area contributed by atoms with Crippen molar-refractivity contribution in [2.24, 2.45) is 5.90 Å². The van der Waals surface area contributed by atoms with Crippen LogP contribution in [0.5, 0.6) is 0 Å². The van der Waals surface area contributed by atoms with Crippen LogP contribution in [-0.4, -0.2) is 0 Å². The van der Waals surface area contributed by atoms with Crippen molar-refractivity contribution in [3.63, 3.8) is 0 Å². The summed E-state index contributed by atoms with van der Waals surface area (Å²) in [5.41, 5.74) is 3.53. The molecular weight excluding hydrogens is 218 g/mol. The minimum Gasteiger partial charge on any atom is -0.300 e. The number of rotatable bonds is 2. The standard InChI is InChI=1S/C9H12BrNO/c1-6-3-8(5-12-11)4-7(2)9(6)10/h3-4H,5,11H2,1-2H3. The van der Waals surface area contributed by atoms with Crippen LogP contribution in [0.2, 0.25) is 0 Å². The van der Waals surface area contributed by atoms with E-state index in [0.717, 1.165) is 10.0 Å². The Bertz CT molecular complexity index is 263. The molecule has 66 valence electrons. The van der Waals surface area contributed by atoms with Crippen molar-refractivity contribution in [3.05, 3.63) is 33.3 Å². The van der Waals surface area contributed by atoms with Gasteiger partial charge in [0.05, 0.1) is 6.61 Å². The number of aryl methyl sites for hydroxylation is 2. The second kappa shape index (κ2) is 4.03. The van der Waals surface area contributed by atoms with Crippen molar-refractivity contribution in [2.45, 2.75) is 20.5 Å². The van der Waals surface area contributed by atoms with E-state index >= 15 is 0 Å². The van der Waals surface area contributed by atoms with Gasteiger partial charge in [0.15, 0.2) is 0 Å². The molecule has 0 amide bonds. The van der Waals surface area contributed by atoms with Crippen LogP contribution in [0.1, 0.15) is 16.7 Å². The molecule has 12 heavy (non-hydrogen) atoms. The zero-order valence-electron chi connectivity index (χ0n) is 7.23. The van der Waals surface area contributed by atoms with Gasteiger partial charge >= 0.3 is 0 Å². The lowest BCUT2D eigenvalue weighted by Gasteiger charge is -2.06. The van der Waals surface area contributed by atoms with Crippen molar-refractivity contribution in [1.29, 1.82) is 0 Å². The fourth-order valence-electron chi connectivity index (χ4n) is 1.22. The van der Waals surface area contributed by atoms with E-state index in [4.69, 9.17) is 5.90 Å². The molecule has 1 aromatic carbocycles. The molecular formula is C9H12BrNO. The topological polar surface area (TPSA) is 35.2 Å². The van der Waals surface area contributed by atoms with E-state index in [1.165, 1.54) is 11.1 Å². The van der Waals surface area contributed by atoms with Crippen LogP contribution in [0.25, 0.3) is 0 Å². The first-order chi connectivity index (χ1) is 5.65. The second-order valence-corrected chi connectivity index (χ2v) is 3.65. The van der Waals surface area contributed by atoms with Crippen LogP contribution in [0, 0.1) is 13.8 Å². The molecule has 0 saturated heterocycles. The van der Waals surface area contributed by atoms with E-state index in [1.54, 1.807) is 0 Å². The highest BCUT2D eigenvalue weighted by atomic mass is 79.9. The van der Waals surface area contributed by atoms with Gasteiger partial charge in [-0.15, -0.1) is 0 Å². The highest BCUT2D eigenvalue weighted by molar-refractivity contribution is 9.10. The molecule has 2 N–H and O–H groups in total. The lowest BCUT2D eigenvalue weighted by molar-refractivity contribution is 0.124. The number of benzene rings is 1. The van der Waals surface area contributed by atoms with Gasteiger partial charge in [-0.1, -0.05) is 28.1 Å². The van der Waals surface area contributed by atoms with Crippen LogP contribution in [0.4, 0.5) is 0 Å². The Morgan fingerprint density at radius 3 is 2.25 bits per heavy atom. The molecule has 0 spiro atoms. The summed E-state index contributed by atoms with van der Waals surface area (Å²) in [6.07, 6.45) is 0. The molecule has 0 bridgehead atoms. The summed E-state index contributed by atoms with van der Waals surface area (Å²) in [5.74, 6) is 4.99. The van der Waals surface area contributed by atoms with E-state index < -0.39 is 0 Å². The summed E-state index contributed by atoms with van der Waals surface area (Å²) in [6.45, 7) is 4.57. The third kappa shape index (κ3) is 2.06. The predicted octanol–water partition coefficient (Wildman–Crippen LogP) is 2.46. The van der Waals surface area contributed by atoms with Gasteiger partial charge in [0.1, 0.15) is 0 Å². The summed E-state index contributed by atoms with van der Waals surface area (Å²) in [7, 11) is 0. The van der Waals surface area contributed by atoms with Crippen molar-refractivity contribution in [3.8, 4) is 0 Å². The monoisotopic (exact) mass is 229 g/mol.